The highest BCUT2D eigenvalue weighted by Gasteiger charge is 2.45. The van der Waals surface area contributed by atoms with Gasteiger partial charge in [-0.3, -0.25) is 18.9 Å². The lowest BCUT2D eigenvalue weighted by atomic mass is 10.0. The molecule has 17 heteroatoms. The van der Waals surface area contributed by atoms with Crippen LogP contribution in [-0.2, 0) is 46.9 Å². The number of hydrogen-bond acceptors (Lipinski definition) is 10. The number of halogens is 6. The van der Waals surface area contributed by atoms with Crippen molar-refractivity contribution < 1.29 is 46.9 Å². The first kappa shape index (κ1) is 31.4. The molecule has 0 aromatic rings. The third-order valence-electron chi connectivity index (χ3n) is 3.43. The number of carbonyl (C=O) groups excluding carboxylic acids is 3. The highest BCUT2D eigenvalue weighted by Crippen LogP contribution is 2.47. The van der Waals surface area contributed by atoms with Gasteiger partial charge in [0.2, 0.25) is 7.59 Å². The van der Waals surface area contributed by atoms with E-state index in [4.69, 9.17) is 102 Å². The van der Waals surface area contributed by atoms with Gasteiger partial charge in [-0.1, -0.05) is 69.6 Å². The van der Waals surface area contributed by atoms with E-state index in [9.17, 15) is 14.4 Å². The molecule has 1 rings (SSSR count). The molecule has 192 valence electrons. The fraction of sp³-hybridized carbons (Fsp3) is 0.812. The lowest BCUT2D eigenvalue weighted by Crippen LogP contribution is -2.54. The standard InChI is InChI=1S/C16H21Cl6O10P/c1-8(23)26-5-12-14(30-10(3)25)11(29-9(2)24)4-13(31-12)32-33(27-6-15(17,18)19)28-7-16(20,21)22/h11-14H,4-7H2,1-3H3/t11-,12-,13-,14-/m1/s1. The molecule has 0 aromatic carbocycles. The first-order valence-corrected chi connectivity index (χ1v) is 12.4. The monoisotopic (exact) mass is 614 g/mol. The van der Waals surface area contributed by atoms with Crippen molar-refractivity contribution in [2.24, 2.45) is 0 Å². The maximum atomic E-state index is 11.6. The van der Waals surface area contributed by atoms with Gasteiger partial charge in [0.05, 0.1) is 0 Å². The number of ether oxygens (including phenoxy) is 4. The van der Waals surface area contributed by atoms with Gasteiger partial charge in [-0.15, -0.1) is 0 Å². The topological polar surface area (TPSA) is 116 Å². The molecule has 1 heterocycles. The smallest absolute Gasteiger partial charge is 0.335 e. The van der Waals surface area contributed by atoms with Crippen molar-refractivity contribution in [1.29, 1.82) is 0 Å². The summed E-state index contributed by atoms with van der Waals surface area (Å²) in [7, 11) is -2.31. The SMILES string of the molecule is CC(=O)OC[C@H]1O[C@H](OP(OCC(Cl)(Cl)Cl)OCC(Cl)(Cl)Cl)C[C@@H](OC(C)=O)[C@H]1OC(C)=O. The predicted molar refractivity (Wildman–Crippen MR) is 122 cm³/mol. The minimum atomic E-state index is -2.31. The van der Waals surface area contributed by atoms with Gasteiger partial charge in [0.1, 0.15) is 32.0 Å². The second-order valence-corrected chi connectivity index (χ2v) is 12.7. The summed E-state index contributed by atoms with van der Waals surface area (Å²) in [6.45, 7) is 2.26. The summed E-state index contributed by atoms with van der Waals surface area (Å²) in [5.74, 6) is -1.95. The van der Waals surface area contributed by atoms with Crippen LogP contribution in [0.1, 0.15) is 27.2 Å². The Morgan fingerprint density at radius 3 is 1.82 bits per heavy atom. The number of hydrogen-bond donors (Lipinski definition) is 0. The molecule has 1 saturated heterocycles. The highest BCUT2D eigenvalue weighted by molar-refractivity contribution is 7.41. The Labute approximate surface area is 221 Å². The third kappa shape index (κ3) is 14.5. The van der Waals surface area contributed by atoms with Crippen LogP contribution >= 0.6 is 78.2 Å². The lowest BCUT2D eigenvalue weighted by molar-refractivity contribution is -0.247. The minimum absolute atomic E-state index is 0.124. The Balaban J connectivity index is 3.05. The second-order valence-electron chi connectivity index (χ2n) is 6.47. The van der Waals surface area contributed by atoms with Crippen LogP contribution in [0.3, 0.4) is 0 Å². The molecule has 0 aliphatic carbocycles. The molecular weight excluding hydrogens is 596 g/mol. The van der Waals surface area contributed by atoms with Crippen molar-refractivity contribution in [2.75, 3.05) is 19.8 Å². The van der Waals surface area contributed by atoms with Crippen molar-refractivity contribution in [3.63, 3.8) is 0 Å². The Hall–Kier alpha value is 0.420. The first-order chi connectivity index (χ1) is 15.1. The average molecular weight is 617 g/mol. The van der Waals surface area contributed by atoms with Crippen LogP contribution in [0.25, 0.3) is 0 Å². The van der Waals surface area contributed by atoms with E-state index in [0.717, 1.165) is 6.92 Å². The Bertz CT molecular complexity index is 655. The van der Waals surface area contributed by atoms with Crippen LogP contribution in [0.5, 0.6) is 0 Å². The van der Waals surface area contributed by atoms with Crippen molar-refractivity contribution in [1.82, 2.24) is 0 Å². The number of alkyl halides is 6. The van der Waals surface area contributed by atoms with E-state index < -0.39 is 71.9 Å². The highest BCUT2D eigenvalue weighted by atomic mass is 35.6. The maximum absolute atomic E-state index is 11.6. The molecule has 1 aliphatic heterocycles. The zero-order valence-electron chi connectivity index (χ0n) is 17.4. The van der Waals surface area contributed by atoms with Gasteiger partial charge in [0, 0.05) is 27.2 Å². The van der Waals surface area contributed by atoms with Gasteiger partial charge in [-0.25, -0.2) is 0 Å². The molecule has 0 radical (unpaired) electrons. The first-order valence-electron chi connectivity index (χ1n) is 9.05. The van der Waals surface area contributed by atoms with Gasteiger partial charge < -0.3 is 28.0 Å². The fourth-order valence-electron chi connectivity index (χ4n) is 2.41. The number of rotatable bonds is 10. The summed E-state index contributed by atoms with van der Waals surface area (Å²) in [6.07, 6.45) is -4.48. The van der Waals surface area contributed by atoms with Gasteiger partial charge in [-0.2, -0.15) is 0 Å². The molecule has 4 atom stereocenters. The van der Waals surface area contributed by atoms with Crippen molar-refractivity contribution in [3.05, 3.63) is 0 Å². The maximum Gasteiger partial charge on any atom is 0.335 e. The summed E-state index contributed by atoms with van der Waals surface area (Å²) < 4.78 is 33.9. The molecule has 0 saturated carbocycles. The van der Waals surface area contributed by atoms with E-state index in [1.165, 1.54) is 13.8 Å². The largest absolute Gasteiger partial charge is 0.463 e. The van der Waals surface area contributed by atoms with Crippen LogP contribution in [0.15, 0.2) is 0 Å². The quantitative estimate of drug-likeness (QED) is 0.150. The molecular formula is C16H21Cl6O10P. The Morgan fingerprint density at radius 2 is 1.39 bits per heavy atom. The molecule has 0 aromatic heterocycles. The van der Waals surface area contributed by atoms with Crippen molar-refractivity contribution in [3.8, 4) is 0 Å². The summed E-state index contributed by atoms with van der Waals surface area (Å²) in [5.41, 5.74) is 0. The van der Waals surface area contributed by atoms with Gasteiger partial charge in [0.15, 0.2) is 12.4 Å². The zero-order valence-corrected chi connectivity index (χ0v) is 22.9. The summed E-state index contributed by atoms with van der Waals surface area (Å²) in [5, 5.41) is 0. The van der Waals surface area contributed by atoms with Crippen LogP contribution in [0.2, 0.25) is 0 Å². The summed E-state index contributed by atoms with van der Waals surface area (Å²) in [6, 6.07) is 0. The van der Waals surface area contributed by atoms with Crippen molar-refractivity contribution >= 4 is 96.1 Å². The minimum Gasteiger partial charge on any atom is -0.463 e. The molecule has 0 amide bonds. The third-order valence-corrected chi connectivity index (χ3v) is 5.17. The van der Waals surface area contributed by atoms with E-state index in [1.807, 2.05) is 0 Å². The van der Waals surface area contributed by atoms with E-state index in [2.05, 4.69) is 0 Å². The van der Waals surface area contributed by atoms with E-state index in [-0.39, 0.29) is 13.0 Å². The number of esters is 3. The molecule has 0 unspecified atom stereocenters. The predicted octanol–water partition coefficient (Wildman–Crippen LogP) is 4.55. The molecule has 1 aliphatic rings. The van der Waals surface area contributed by atoms with E-state index in [1.54, 1.807) is 0 Å². The molecule has 33 heavy (non-hydrogen) atoms. The van der Waals surface area contributed by atoms with Gasteiger partial charge in [-0.05, 0) is 0 Å². The molecule has 0 spiro atoms. The van der Waals surface area contributed by atoms with Crippen LogP contribution in [-0.4, -0.2) is 69.9 Å². The average Bonchev–Trinajstić information content (AvgIpc) is 2.62. The second kappa shape index (κ2) is 14.2. The molecule has 0 N–H and O–H groups in total. The normalized spacial score (nSPS) is 23.8. The van der Waals surface area contributed by atoms with E-state index >= 15 is 0 Å². The van der Waals surface area contributed by atoms with E-state index in [0.29, 0.717) is 0 Å². The van der Waals surface area contributed by atoms with Crippen LogP contribution in [0.4, 0.5) is 0 Å². The lowest BCUT2D eigenvalue weighted by Gasteiger charge is -2.40. The molecule has 1 fully saturated rings. The number of carbonyl (C=O) groups is 3. The summed E-state index contributed by atoms with van der Waals surface area (Å²) in [4.78, 5) is 34.5. The van der Waals surface area contributed by atoms with Crippen LogP contribution in [0, 0.1) is 0 Å². The van der Waals surface area contributed by atoms with Crippen LogP contribution < -0.4 is 0 Å². The summed E-state index contributed by atoms with van der Waals surface area (Å²) >= 11 is 34.2. The molecule has 0 bridgehead atoms. The fourth-order valence-corrected chi connectivity index (χ4v) is 4.32. The Morgan fingerprint density at radius 1 is 0.879 bits per heavy atom. The Kier molecular flexibility index (Phi) is 13.6. The molecule has 10 nitrogen and oxygen atoms in total. The van der Waals surface area contributed by atoms with Crippen molar-refractivity contribution in [2.45, 2.75) is 59.4 Å². The zero-order chi connectivity index (χ0) is 25.4. The van der Waals surface area contributed by atoms with Gasteiger partial charge in [0.25, 0.3) is 0 Å². The van der Waals surface area contributed by atoms with Gasteiger partial charge >= 0.3 is 26.5 Å².